The highest BCUT2D eigenvalue weighted by Gasteiger charge is 2.32. The Hall–Kier alpha value is -2.27. The van der Waals surface area contributed by atoms with Gasteiger partial charge in [0.15, 0.2) is 5.13 Å². The van der Waals surface area contributed by atoms with E-state index in [-0.39, 0.29) is 22.5 Å². The lowest BCUT2D eigenvalue weighted by Crippen LogP contribution is -2.41. The van der Waals surface area contributed by atoms with Gasteiger partial charge in [-0.15, -0.1) is 23.1 Å². The van der Waals surface area contributed by atoms with Crippen LogP contribution in [0.4, 0.5) is 9.52 Å². The summed E-state index contributed by atoms with van der Waals surface area (Å²) < 4.78 is 40.3. The Balaban J connectivity index is 1.35. The van der Waals surface area contributed by atoms with Crippen molar-refractivity contribution in [2.45, 2.75) is 22.6 Å². The summed E-state index contributed by atoms with van der Waals surface area (Å²) in [5, 5.41) is 5.11. The van der Waals surface area contributed by atoms with Crippen LogP contribution < -0.4 is 5.32 Å². The van der Waals surface area contributed by atoms with Gasteiger partial charge >= 0.3 is 0 Å². The molecular formula is C22H22FN3O3S3. The highest BCUT2D eigenvalue weighted by Crippen LogP contribution is 2.28. The first-order valence-electron chi connectivity index (χ1n) is 10.0. The van der Waals surface area contributed by atoms with Crippen molar-refractivity contribution in [1.29, 1.82) is 0 Å². The average molecular weight is 492 g/mol. The van der Waals surface area contributed by atoms with Crippen LogP contribution in [0.1, 0.15) is 12.8 Å². The van der Waals surface area contributed by atoms with Gasteiger partial charge in [-0.3, -0.25) is 4.79 Å². The zero-order chi connectivity index (χ0) is 22.7. The summed E-state index contributed by atoms with van der Waals surface area (Å²) in [6.45, 7) is 0.590. The molecule has 168 valence electrons. The molecular weight excluding hydrogens is 469 g/mol. The highest BCUT2D eigenvalue weighted by molar-refractivity contribution is 7.98. The maximum absolute atomic E-state index is 13.1. The van der Waals surface area contributed by atoms with Crippen LogP contribution in [0.2, 0.25) is 0 Å². The topological polar surface area (TPSA) is 79.4 Å². The molecule has 4 rings (SSSR count). The summed E-state index contributed by atoms with van der Waals surface area (Å²) in [7, 11) is -3.57. The quantitative estimate of drug-likeness (QED) is 0.505. The molecule has 0 aliphatic carbocycles. The largest absolute Gasteiger partial charge is 0.302 e. The van der Waals surface area contributed by atoms with E-state index in [9.17, 15) is 17.6 Å². The van der Waals surface area contributed by atoms with E-state index in [2.05, 4.69) is 10.3 Å². The first-order chi connectivity index (χ1) is 15.4. The molecule has 32 heavy (non-hydrogen) atoms. The monoisotopic (exact) mass is 491 g/mol. The summed E-state index contributed by atoms with van der Waals surface area (Å²) in [4.78, 5) is 18.4. The number of hydrogen-bond donors (Lipinski definition) is 1. The normalized spacial score (nSPS) is 15.6. The molecule has 2 heterocycles. The fourth-order valence-corrected chi connectivity index (χ4v) is 6.15. The molecule has 1 aliphatic rings. The molecule has 10 heteroatoms. The van der Waals surface area contributed by atoms with E-state index < -0.39 is 10.0 Å². The molecule has 6 nitrogen and oxygen atoms in total. The van der Waals surface area contributed by atoms with Crippen LogP contribution in [0.15, 0.2) is 63.7 Å². The van der Waals surface area contributed by atoms with Gasteiger partial charge in [0, 0.05) is 34.8 Å². The third kappa shape index (κ3) is 5.03. The first-order valence-corrected chi connectivity index (χ1v) is 13.6. The van der Waals surface area contributed by atoms with Crippen LogP contribution in [-0.2, 0) is 14.8 Å². The third-order valence-electron chi connectivity index (χ3n) is 5.40. The van der Waals surface area contributed by atoms with Gasteiger partial charge in [0.2, 0.25) is 15.9 Å². The molecule has 1 aromatic heterocycles. The second-order valence-electron chi connectivity index (χ2n) is 7.39. The fourth-order valence-electron chi connectivity index (χ4n) is 3.55. The van der Waals surface area contributed by atoms with E-state index in [0.717, 1.165) is 10.5 Å². The molecule has 0 unspecified atom stereocenters. The maximum atomic E-state index is 13.1. The van der Waals surface area contributed by atoms with Crippen LogP contribution in [-0.4, -0.2) is 43.0 Å². The van der Waals surface area contributed by atoms with Crippen LogP contribution in [0, 0.1) is 11.7 Å². The van der Waals surface area contributed by atoms with Crippen molar-refractivity contribution >= 4 is 44.2 Å². The number of nitrogens with one attached hydrogen (secondary N) is 1. The number of halogens is 1. The van der Waals surface area contributed by atoms with E-state index in [1.165, 1.54) is 27.8 Å². The third-order valence-corrected chi connectivity index (χ3v) is 8.81. The van der Waals surface area contributed by atoms with E-state index >= 15 is 0 Å². The Labute approximate surface area is 194 Å². The number of thioether (sulfide) groups is 1. The van der Waals surface area contributed by atoms with Crippen LogP contribution >= 0.6 is 23.1 Å². The minimum absolute atomic E-state index is 0.161. The zero-order valence-electron chi connectivity index (χ0n) is 17.3. The number of rotatable bonds is 6. The lowest BCUT2D eigenvalue weighted by atomic mass is 9.97. The van der Waals surface area contributed by atoms with Crippen molar-refractivity contribution in [1.82, 2.24) is 9.29 Å². The summed E-state index contributed by atoms with van der Waals surface area (Å²) in [6.07, 6.45) is 2.84. The van der Waals surface area contributed by atoms with Crippen molar-refractivity contribution in [3.8, 4) is 11.3 Å². The number of carbonyl (C=O) groups excluding carboxylic acids is 1. The standard InChI is InChI=1S/C22H22FN3O3S3/c1-30-18-6-8-19(9-7-18)32(28,29)26-12-10-16(11-13-26)21(27)25-22-24-20(14-31-22)15-2-4-17(23)5-3-15/h2-9,14,16H,10-13H2,1H3,(H,24,25,27). The van der Waals surface area contributed by atoms with Gasteiger partial charge in [-0.05, 0) is 67.6 Å². The molecule has 1 amide bonds. The number of anilines is 1. The second-order valence-corrected chi connectivity index (χ2v) is 11.1. The Morgan fingerprint density at radius 2 is 1.78 bits per heavy atom. The molecule has 0 spiro atoms. The summed E-state index contributed by atoms with van der Waals surface area (Å²) in [5.74, 6) is -0.757. The molecule has 2 aromatic carbocycles. The molecule has 0 bridgehead atoms. The minimum Gasteiger partial charge on any atom is -0.302 e. The maximum Gasteiger partial charge on any atom is 0.243 e. The summed E-state index contributed by atoms with van der Waals surface area (Å²) in [5.41, 5.74) is 1.44. The number of hydrogen-bond acceptors (Lipinski definition) is 6. The molecule has 1 saturated heterocycles. The lowest BCUT2D eigenvalue weighted by molar-refractivity contribution is -0.120. The number of carbonyl (C=O) groups is 1. The van der Waals surface area contributed by atoms with E-state index in [1.54, 1.807) is 53.5 Å². The molecule has 1 aliphatic heterocycles. The first kappa shape index (κ1) is 22.9. The van der Waals surface area contributed by atoms with Crippen molar-refractivity contribution in [3.05, 3.63) is 59.7 Å². The minimum atomic E-state index is -3.57. The second kappa shape index (κ2) is 9.70. The lowest BCUT2D eigenvalue weighted by Gasteiger charge is -2.30. The van der Waals surface area contributed by atoms with Gasteiger partial charge in [0.05, 0.1) is 10.6 Å². The summed E-state index contributed by atoms with van der Waals surface area (Å²) in [6, 6.07) is 12.9. The van der Waals surface area contributed by atoms with Crippen molar-refractivity contribution in [2.24, 2.45) is 5.92 Å². The van der Waals surface area contributed by atoms with Crippen molar-refractivity contribution in [2.75, 3.05) is 24.7 Å². The van der Waals surface area contributed by atoms with Crippen LogP contribution in [0.5, 0.6) is 0 Å². The molecule has 0 radical (unpaired) electrons. The Morgan fingerprint density at radius 3 is 2.41 bits per heavy atom. The predicted octanol–water partition coefficient (Wildman–Crippen LogP) is 4.71. The molecule has 0 atom stereocenters. The van der Waals surface area contributed by atoms with Gasteiger partial charge < -0.3 is 5.32 Å². The van der Waals surface area contributed by atoms with Crippen molar-refractivity contribution < 1.29 is 17.6 Å². The molecule has 1 fully saturated rings. The highest BCUT2D eigenvalue weighted by atomic mass is 32.2. The van der Waals surface area contributed by atoms with Gasteiger partial charge in [0.1, 0.15) is 5.82 Å². The number of aromatic nitrogens is 1. The van der Waals surface area contributed by atoms with Gasteiger partial charge in [-0.2, -0.15) is 4.31 Å². The zero-order valence-corrected chi connectivity index (χ0v) is 19.8. The average Bonchev–Trinajstić information content (AvgIpc) is 3.28. The Morgan fingerprint density at radius 1 is 1.12 bits per heavy atom. The fraction of sp³-hybridized carbons (Fsp3) is 0.273. The smallest absolute Gasteiger partial charge is 0.243 e. The Kier molecular flexibility index (Phi) is 6.94. The van der Waals surface area contributed by atoms with Gasteiger partial charge in [0.25, 0.3) is 0 Å². The van der Waals surface area contributed by atoms with Crippen molar-refractivity contribution in [3.63, 3.8) is 0 Å². The predicted molar refractivity (Wildman–Crippen MR) is 126 cm³/mol. The number of benzene rings is 2. The van der Waals surface area contributed by atoms with E-state index in [0.29, 0.717) is 36.8 Å². The van der Waals surface area contributed by atoms with Gasteiger partial charge in [-0.1, -0.05) is 0 Å². The van der Waals surface area contributed by atoms with Gasteiger partial charge in [-0.25, -0.2) is 17.8 Å². The van der Waals surface area contributed by atoms with Crippen LogP contribution in [0.3, 0.4) is 0 Å². The molecule has 1 N–H and O–H groups in total. The number of nitrogens with zero attached hydrogens (tertiary/aromatic N) is 2. The Bertz CT molecular complexity index is 1190. The SMILES string of the molecule is CSc1ccc(S(=O)(=O)N2CCC(C(=O)Nc3nc(-c4ccc(F)cc4)cs3)CC2)cc1. The molecule has 3 aromatic rings. The number of piperidine rings is 1. The molecule has 0 saturated carbocycles. The number of sulfonamides is 1. The van der Waals surface area contributed by atoms with E-state index in [4.69, 9.17) is 0 Å². The number of thiazole rings is 1. The van der Waals surface area contributed by atoms with Crippen LogP contribution in [0.25, 0.3) is 11.3 Å². The number of amides is 1. The summed E-state index contributed by atoms with van der Waals surface area (Å²) >= 11 is 2.86. The van der Waals surface area contributed by atoms with E-state index in [1.807, 2.05) is 6.26 Å².